The summed E-state index contributed by atoms with van der Waals surface area (Å²) in [7, 11) is 1.61. The molecule has 214 valence electrons. The molecule has 1 unspecified atom stereocenters. The smallest absolute Gasteiger partial charge is 0.266 e. The Balaban J connectivity index is 1.50. The highest BCUT2D eigenvalue weighted by molar-refractivity contribution is 5.80. The molecule has 0 aliphatic carbocycles. The molecule has 42 heavy (non-hydrogen) atoms. The Morgan fingerprint density at radius 2 is 1.55 bits per heavy atom. The number of carbonyl (C=O) groups is 1. The van der Waals surface area contributed by atoms with E-state index < -0.39 is 6.04 Å². The van der Waals surface area contributed by atoms with Gasteiger partial charge in [-0.15, -0.1) is 0 Å². The second-order valence-corrected chi connectivity index (χ2v) is 10.1. The highest BCUT2D eigenvalue weighted by Crippen LogP contribution is 2.25. The number of hydrogen-bond acceptors (Lipinski definition) is 5. The van der Waals surface area contributed by atoms with Crippen molar-refractivity contribution in [1.29, 1.82) is 0 Å². The summed E-state index contributed by atoms with van der Waals surface area (Å²) >= 11 is 0. The number of aromatic nitrogens is 2. The van der Waals surface area contributed by atoms with Gasteiger partial charge in [-0.1, -0.05) is 66.7 Å². The molecule has 1 heterocycles. The monoisotopic (exact) mass is 561 g/mol. The molecular weight excluding hydrogens is 526 g/mol. The van der Waals surface area contributed by atoms with E-state index in [1.54, 1.807) is 22.6 Å². The topological polar surface area (TPSA) is 73.7 Å². The van der Waals surface area contributed by atoms with Crippen molar-refractivity contribution >= 4 is 16.8 Å². The van der Waals surface area contributed by atoms with E-state index in [-0.39, 0.29) is 17.9 Å². The third-order valence-corrected chi connectivity index (χ3v) is 7.32. The molecule has 7 nitrogen and oxygen atoms in total. The molecule has 5 rings (SSSR count). The minimum atomic E-state index is -0.514. The zero-order valence-corrected chi connectivity index (χ0v) is 24.2. The van der Waals surface area contributed by atoms with Gasteiger partial charge in [0.2, 0.25) is 5.91 Å². The fraction of sp³-hybridized carbons (Fsp3) is 0.229. The van der Waals surface area contributed by atoms with Gasteiger partial charge >= 0.3 is 0 Å². The fourth-order valence-electron chi connectivity index (χ4n) is 5.12. The zero-order chi connectivity index (χ0) is 29.5. The summed E-state index contributed by atoms with van der Waals surface area (Å²) in [5, 5.41) is 0.510. The summed E-state index contributed by atoms with van der Waals surface area (Å²) in [5.41, 5.74) is 4.17. The first-order valence-corrected chi connectivity index (χ1v) is 14.2. The van der Waals surface area contributed by atoms with Crippen LogP contribution in [0.2, 0.25) is 0 Å². The van der Waals surface area contributed by atoms with E-state index >= 15 is 0 Å². The van der Waals surface area contributed by atoms with Gasteiger partial charge < -0.3 is 14.4 Å². The van der Waals surface area contributed by atoms with Crippen LogP contribution in [0.25, 0.3) is 27.7 Å². The normalized spacial score (nSPS) is 11.8. The number of hydrogen-bond donors (Lipinski definition) is 0. The first kappa shape index (κ1) is 28.8. The van der Waals surface area contributed by atoms with Crippen molar-refractivity contribution in [3.05, 3.63) is 125 Å². The molecule has 0 radical (unpaired) electrons. The maximum Gasteiger partial charge on any atom is 0.266 e. The van der Waals surface area contributed by atoms with Crippen LogP contribution < -0.4 is 10.3 Å². The van der Waals surface area contributed by atoms with Crippen LogP contribution >= 0.6 is 0 Å². The van der Waals surface area contributed by atoms with Crippen LogP contribution in [0.3, 0.4) is 0 Å². The Labute approximate surface area is 246 Å². The van der Waals surface area contributed by atoms with Gasteiger partial charge in [0.05, 0.1) is 42.3 Å². The van der Waals surface area contributed by atoms with E-state index in [0.29, 0.717) is 47.9 Å². The molecule has 0 saturated heterocycles. The van der Waals surface area contributed by atoms with Crippen LogP contribution in [0.1, 0.15) is 31.3 Å². The average molecular weight is 562 g/mol. The highest BCUT2D eigenvalue weighted by atomic mass is 16.5. The van der Waals surface area contributed by atoms with Crippen LogP contribution in [0.4, 0.5) is 0 Å². The molecule has 0 N–H and O–H groups in total. The van der Waals surface area contributed by atoms with Gasteiger partial charge in [-0.25, -0.2) is 4.98 Å². The van der Waals surface area contributed by atoms with Crippen LogP contribution in [0, 0.1) is 0 Å². The third kappa shape index (κ3) is 6.26. The molecule has 0 aliphatic heterocycles. The van der Waals surface area contributed by atoms with Crippen molar-refractivity contribution < 1.29 is 14.3 Å². The van der Waals surface area contributed by atoms with Crippen molar-refractivity contribution in [1.82, 2.24) is 14.5 Å². The molecule has 0 aliphatic rings. The predicted molar refractivity (Wildman–Crippen MR) is 166 cm³/mol. The van der Waals surface area contributed by atoms with Crippen molar-refractivity contribution in [3.63, 3.8) is 0 Å². The average Bonchev–Trinajstić information content (AvgIpc) is 3.02. The van der Waals surface area contributed by atoms with Gasteiger partial charge in [0.25, 0.3) is 5.56 Å². The van der Waals surface area contributed by atoms with E-state index in [1.165, 1.54) is 0 Å². The minimum Gasteiger partial charge on any atom is -0.494 e. The fourth-order valence-corrected chi connectivity index (χ4v) is 5.12. The Morgan fingerprint density at radius 3 is 2.24 bits per heavy atom. The predicted octanol–water partition coefficient (Wildman–Crippen LogP) is 6.23. The largest absolute Gasteiger partial charge is 0.494 e. The van der Waals surface area contributed by atoms with E-state index in [9.17, 15) is 9.59 Å². The molecule has 1 amide bonds. The Morgan fingerprint density at radius 1 is 0.881 bits per heavy atom. The molecule has 4 aromatic carbocycles. The van der Waals surface area contributed by atoms with E-state index in [0.717, 1.165) is 16.7 Å². The lowest BCUT2D eigenvalue weighted by Crippen LogP contribution is -2.40. The van der Waals surface area contributed by atoms with Crippen molar-refractivity contribution in [2.45, 2.75) is 26.3 Å². The van der Waals surface area contributed by atoms with Gasteiger partial charge in [0.1, 0.15) is 11.6 Å². The van der Waals surface area contributed by atoms with Gasteiger partial charge in [0.15, 0.2) is 0 Å². The summed E-state index contributed by atoms with van der Waals surface area (Å²) in [6, 6.07) is 32.3. The van der Waals surface area contributed by atoms with Gasteiger partial charge in [-0.2, -0.15) is 0 Å². The number of nitrogens with zero attached hydrogens (tertiary/aromatic N) is 3. The summed E-state index contributed by atoms with van der Waals surface area (Å²) in [5.74, 6) is 1.12. The summed E-state index contributed by atoms with van der Waals surface area (Å²) in [6.45, 7) is 5.08. The van der Waals surface area contributed by atoms with Crippen LogP contribution in [0.5, 0.6) is 5.75 Å². The first-order valence-electron chi connectivity index (χ1n) is 14.2. The number of fused-ring (bicyclic) bond motifs is 1. The van der Waals surface area contributed by atoms with Crippen molar-refractivity contribution in [2.24, 2.45) is 0 Å². The minimum absolute atomic E-state index is 0.0762. The number of carbonyl (C=O) groups excluding carboxylic acids is 1. The lowest BCUT2D eigenvalue weighted by Gasteiger charge is -2.30. The van der Waals surface area contributed by atoms with Gasteiger partial charge in [0, 0.05) is 13.7 Å². The van der Waals surface area contributed by atoms with Crippen LogP contribution in [-0.4, -0.2) is 47.2 Å². The number of ether oxygens (including phenoxy) is 2. The van der Waals surface area contributed by atoms with Crippen molar-refractivity contribution in [3.8, 4) is 22.6 Å². The summed E-state index contributed by atoms with van der Waals surface area (Å²) in [6.07, 6.45) is 0.212. The number of para-hydroxylation sites is 1. The molecule has 0 bridgehead atoms. The Hall–Kier alpha value is -4.75. The molecule has 1 aromatic heterocycles. The quantitative estimate of drug-likeness (QED) is 0.191. The van der Waals surface area contributed by atoms with Gasteiger partial charge in [-0.05, 0) is 66.9 Å². The molecule has 7 heteroatoms. The molecular formula is C35H35N3O4. The molecule has 0 fully saturated rings. The Kier molecular flexibility index (Phi) is 9.09. The Bertz CT molecular complexity index is 1700. The summed E-state index contributed by atoms with van der Waals surface area (Å²) < 4.78 is 12.6. The van der Waals surface area contributed by atoms with Crippen LogP contribution in [-0.2, 0) is 16.0 Å². The standard InChI is InChI=1S/C35H35N3O4/c1-4-42-30-20-18-29(19-21-30)38-34(36-32-13-9-8-12-31(32)35(38)40)25(2)37(22-23-41-3)33(39)24-26-14-16-28(17-15-26)27-10-6-5-7-11-27/h5-21,25H,4,22-24H2,1-3H3. The number of benzene rings is 4. The summed E-state index contributed by atoms with van der Waals surface area (Å²) in [4.78, 5) is 34.4. The molecule has 0 spiro atoms. The van der Waals surface area contributed by atoms with Gasteiger partial charge in [-0.3, -0.25) is 14.2 Å². The molecule has 0 saturated carbocycles. The zero-order valence-electron chi connectivity index (χ0n) is 24.2. The second kappa shape index (κ2) is 13.3. The lowest BCUT2D eigenvalue weighted by atomic mass is 10.0. The maximum atomic E-state index is 13.9. The van der Waals surface area contributed by atoms with E-state index in [2.05, 4.69) is 12.1 Å². The molecule has 5 aromatic rings. The number of rotatable bonds is 11. The number of amides is 1. The van der Waals surface area contributed by atoms with E-state index in [1.807, 2.05) is 98.8 Å². The first-order chi connectivity index (χ1) is 20.5. The molecule has 1 atom stereocenters. The van der Waals surface area contributed by atoms with E-state index in [4.69, 9.17) is 14.5 Å². The van der Waals surface area contributed by atoms with Crippen molar-refractivity contribution in [2.75, 3.05) is 26.9 Å². The number of methoxy groups -OCH3 is 1. The van der Waals surface area contributed by atoms with Crippen LogP contribution in [0.15, 0.2) is 108 Å². The third-order valence-electron chi connectivity index (χ3n) is 7.32. The maximum absolute atomic E-state index is 13.9. The SMILES string of the molecule is CCOc1ccc(-n2c(C(C)N(CCOC)C(=O)Cc3ccc(-c4ccccc4)cc3)nc3ccccc3c2=O)cc1. The second-order valence-electron chi connectivity index (χ2n) is 10.1. The lowest BCUT2D eigenvalue weighted by molar-refractivity contribution is -0.133. The highest BCUT2D eigenvalue weighted by Gasteiger charge is 2.27.